The van der Waals surface area contributed by atoms with Crippen LogP contribution in [0.15, 0.2) is 71.1 Å². The van der Waals surface area contributed by atoms with Crippen LogP contribution >= 0.6 is 11.6 Å². The first-order chi connectivity index (χ1) is 13.7. The SMILES string of the molecule is O=C(CCc1ccc(-c2ccccc2)o1)N1CCN(c2cccc(Cl)c2)CC1. The van der Waals surface area contributed by atoms with Gasteiger partial charge in [0.25, 0.3) is 0 Å². The van der Waals surface area contributed by atoms with Crippen LogP contribution in [0.3, 0.4) is 0 Å². The van der Waals surface area contributed by atoms with E-state index in [0.717, 1.165) is 54.0 Å². The number of hydrogen-bond acceptors (Lipinski definition) is 3. The number of carbonyl (C=O) groups is 1. The van der Waals surface area contributed by atoms with Crippen molar-refractivity contribution >= 4 is 23.2 Å². The van der Waals surface area contributed by atoms with Crippen LogP contribution in [0.2, 0.25) is 5.02 Å². The monoisotopic (exact) mass is 394 g/mol. The molecule has 0 N–H and O–H groups in total. The van der Waals surface area contributed by atoms with Crippen molar-refractivity contribution < 1.29 is 9.21 Å². The summed E-state index contributed by atoms with van der Waals surface area (Å²) in [4.78, 5) is 16.8. The Bertz CT molecular complexity index is 931. The number of halogens is 1. The van der Waals surface area contributed by atoms with E-state index in [1.165, 1.54) is 0 Å². The summed E-state index contributed by atoms with van der Waals surface area (Å²) in [5.41, 5.74) is 2.17. The Morgan fingerprint density at radius 1 is 0.929 bits per heavy atom. The minimum atomic E-state index is 0.184. The van der Waals surface area contributed by atoms with Gasteiger partial charge in [-0.25, -0.2) is 0 Å². The van der Waals surface area contributed by atoms with Gasteiger partial charge in [-0.15, -0.1) is 0 Å². The third-order valence-electron chi connectivity index (χ3n) is 5.11. The van der Waals surface area contributed by atoms with E-state index in [2.05, 4.69) is 11.0 Å². The Kier molecular flexibility index (Phi) is 5.68. The standard InChI is InChI=1S/C23H23ClN2O2/c24-19-7-4-8-20(17-19)25-13-15-26(16-14-25)23(27)12-10-21-9-11-22(28-21)18-5-2-1-3-6-18/h1-9,11,17H,10,12-16H2. The molecule has 28 heavy (non-hydrogen) atoms. The molecule has 0 radical (unpaired) electrons. The van der Waals surface area contributed by atoms with Gasteiger partial charge in [-0.05, 0) is 30.3 Å². The van der Waals surface area contributed by atoms with Gasteiger partial charge in [0.15, 0.2) is 0 Å². The van der Waals surface area contributed by atoms with Gasteiger partial charge in [0.2, 0.25) is 5.91 Å². The van der Waals surface area contributed by atoms with Crippen LogP contribution < -0.4 is 4.90 Å². The number of hydrogen-bond donors (Lipinski definition) is 0. The lowest BCUT2D eigenvalue weighted by Crippen LogP contribution is -2.48. The highest BCUT2D eigenvalue weighted by Crippen LogP contribution is 2.23. The molecular weight excluding hydrogens is 372 g/mol. The summed E-state index contributed by atoms with van der Waals surface area (Å²) in [7, 11) is 0. The third kappa shape index (κ3) is 4.39. The van der Waals surface area contributed by atoms with Crippen LogP contribution in [-0.4, -0.2) is 37.0 Å². The van der Waals surface area contributed by atoms with E-state index in [4.69, 9.17) is 16.0 Å². The van der Waals surface area contributed by atoms with Crippen LogP contribution in [0.1, 0.15) is 12.2 Å². The van der Waals surface area contributed by atoms with Crippen LogP contribution in [-0.2, 0) is 11.2 Å². The molecule has 0 atom stereocenters. The van der Waals surface area contributed by atoms with Crippen LogP contribution in [0.4, 0.5) is 5.69 Å². The van der Waals surface area contributed by atoms with Crippen molar-refractivity contribution in [3.8, 4) is 11.3 Å². The van der Waals surface area contributed by atoms with Crippen LogP contribution in [0, 0.1) is 0 Å². The second kappa shape index (κ2) is 8.53. The smallest absolute Gasteiger partial charge is 0.223 e. The molecule has 1 saturated heterocycles. The molecule has 0 spiro atoms. The summed E-state index contributed by atoms with van der Waals surface area (Å²) in [5, 5.41) is 0.740. The first-order valence-electron chi connectivity index (χ1n) is 9.61. The summed E-state index contributed by atoms with van der Waals surface area (Å²) in [6.45, 7) is 3.12. The topological polar surface area (TPSA) is 36.7 Å². The molecule has 0 saturated carbocycles. The molecule has 1 aromatic heterocycles. The summed E-state index contributed by atoms with van der Waals surface area (Å²) in [6, 6.07) is 21.8. The lowest BCUT2D eigenvalue weighted by atomic mass is 10.2. The van der Waals surface area contributed by atoms with Gasteiger partial charge in [0, 0.05) is 55.3 Å². The zero-order valence-corrected chi connectivity index (χ0v) is 16.4. The number of amides is 1. The van der Waals surface area contributed by atoms with Gasteiger partial charge in [0.1, 0.15) is 11.5 Å². The number of rotatable bonds is 5. The maximum atomic E-state index is 12.6. The molecule has 4 nitrogen and oxygen atoms in total. The highest BCUT2D eigenvalue weighted by molar-refractivity contribution is 6.30. The maximum absolute atomic E-state index is 12.6. The fourth-order valence-corrected chi connectivity index (χ4v) is 3.73. The first-order valence-corrected chi connectivity index (χ1v) is 9.99. The van der Waals surface area contributed by atoms with Gasteiger partial charge in [-0.3, -0.25) is 4.79 Å². The fraction of sp³-hybridized carbons (Fsp3) is 0.261. The lowest BCUT2D eigenvalue weighted by Gasteiger charge is -2.36. The van der Waals surface area contributed by atoms with E-state index in [1.807, 2.05) is 65.6 Å². The van der Waals surface area contributed by atoms with Crippen molar-refractivity contribution in [2.75, 3.05) is 31.1 Å². The second-order valence-electron chi connectivity index (χ2n) is 6.98. The van der Waals surface area contributed by atoms with E-state index in [9.17, 15) is 4.79 Å². The Hall–Kier alpha value is -2.72. The molecule has 4 rings (SSSR count). The highest BCUT2D eigenvalue weighted by atomic mass is 35.5. The van der Waals surface area contributed by atoms with Gasteiger partial charge in [0.05, 0.1) is 0 Å². The number of carbonyl (C=O) groups excluding carboxylic acids is 1. The predicted octanol–water partition coefficient (Wildman–Crippen LogP) is 4.88. The zero-order chi connectivity index (χ0) is 19.3. The predicted molar refractivity (Wildman–Crippen MR) is 113 cm³/mol. The molecule has 2 heterocycles. The van der Waals surface area contributed by atoms with E-state index in [-0.39, 0.29) is 5.91 Å². The molecular formula is C23H23ClN2O2. The average Bonchev–Trinajstić information content (AvgIpc) is 3.22. The zero-order valence-electron chi connectivity index (χ0n) is 15.7. The van der Waals surface area contributed by atoms with Crippen LogP contribution in [0.5, 0.6) is 0 Å². The molecule has 0 unspecified atom stereocenters. The molecule has 1 fully saturated rings. The summed E-state index contributed by atoms with van der Waals surface area (Å²) in [5.74, 6) is 1.88. The number of piperazine rings is 1. The average molecular weight is 395 g/mol. The number of nitrogens with zero attached hydrogens (tertiary/aromatic N) is 2. The Morgan fingerprint density at radius 2 is 1.71 bits per heavy atom. The molecule has 0 bridgehead atoms. The maximum Gasteiger partial charge on any atom is 0.223 e. The fourth-order valence-electron chi connectivity index (χ4n) is 3.54. The summed E-state index contributed by atoms with van der Waals surface area (Å²) >= 11 is 6.08. The van der Waals surface area contributed by atoms with Crippen LogP contribution in [0.25, 0.3) is 11.3 Å². The summed E-state index contributed by atoms with van der Waals surface area (Å²) in [6.07, 6.45) is 1.10. The normalized spacial score (nSPS) is 14.3. The van der Waals surface area contributed by atoms with E-state index < -0.39 is 0 Å². The second-order valence-corrected chi connectivity index (χ2v) is 7.42. The molecule has 0 aliphatic carbocycles. The van der Waals surface area contributed by atoms with Crippen molar-refractivity contribution in [2.24, 2.45) is 0 Å². The van der Waals surface area contributed by atoms with Crippen molar-refractivity contribution in [3.63, 3.8) is 0 Å². The van der Waals surface area contributed by atoms with Crippen molar-refractivity contribution in [1.29, 1.82) is 0 Å². The lowest BCUT2D eigenvalue weighted by molar-refractivity contribution is -0.131. The van der Waals surface area contributed by atoms with Gasteiger partial charge in [-0.1, -0.05) is 48.0 Å². The van der Waals surface area contributed by atoms with E-state index in [0.29, 0.717) is 12.8 Å². The number of anilines is 1. The minimum Gasteiger partial charge on any atom is -0.461 e. The molecule has 5 heteroatoms. The Balaban J connectivity index is 1.28. The summed E-state index contributed by atoms with van der Waals surface area (Å²) < 4.78 is 5.90. The third-order valence-corrected chi connectivity index (χ3v) is 5.35. The first kappa shape index (κ1) is 18.6. The minimum absolute atomic E-state index is 0.184. The van der Waals surface area contributed by atoms with E-state index >= 15 is 0 Å². The molecule has 1 aliphatic heterocycles. The molecule has 144 valence electrons. The van der Waals surface area contributed by atoms with Gasteiger partial charge in [-0.2, -0.15) is 0 Å². The number of furan rings is 1. The Morgan fingerprint density at radius 3 is 2.46 bits per heavy atom. The molecule has 1 aliphatic rings. The van der Waals surface area contributed by atoms with Crippen molar-refractivity contribution in [1.82, 2.24) is 4.90 Å². The van der Waals surface area contributed by atoms with Crippen molar-refractivity contribution in [2.45, 2.75) is 12.8 Å². The Labute approximate surface area is 170 Å². The molecule has 1 amide bonds. The highest BCUT2D eigenvalue weighted by Gasteiger charge is 2.21. The molecule has 2 aromatic carbocycles. The quantitative estimate of drug-likeness (QED) is 0.618. The van der Waals surface area contributed by atoms with Crippen molar-refractivity contribution in [3.05, 3.63) is 77.5 Å². The van der Waals surface area contributed by atoms with E-state index in [1.54, 1.807) is 0 Å². The largest absolute Gasteiger partial charge is 0.461 e. The van der Waals surface area contributed by atoms with Gasteiger partial charge >= 0.3 is 0 Å². The molecule has 3 aromatic rings. The van der Waals surface area contributed by atoms with Gasteiger partial charge < -0.3 is 14.2 Å². The number of aryl methyl sites for hydroxylation is 1. The number of benzene rings is 2.